The third-order valence-electron chi connectivity index (χ3n) is 2.67. The van der Waals surface area contributed by atoms with Crippen molar-refractivity contribution in [2.45, 2.75) is 32.0 Å². The van der Waals surface area contributed by atoms with Gasteiger partial charge in [0.15, 0.2) is 5.95 Å². The molecule has 2 aromatic heterocycles. The highest BCUT2D eigenvalue weighted by molar-refractivity contribution is 5.16. The molecule has 2 heterocycles. The number of aliphatic hydroxyl groups excluding tert-OH is 2. The Labute approximate surface area is 108 Å². The molecule has 2 rings (SSSR count). The van der Waals surface area contributed by atoms with E-state index in [1.807, 2.05) is 0 Å². The molecule has 2 atom stereocenters. The first-order valence-corrected chi connectivity index (χ1v) is 5.68. The van der Waals surface area contributed by atoms with Crippen LogP contribution in [0.2, 0.25) is 0 Å². The third-order valence-corrected chi connectivity index (χ3v) is 2.67. The molecule has 8 nitrogen and oxygen atoms in total. The Morgan fingerprint density at radius 1 is 1.32 bits per heavy atom. The van der Waals surface area contributed by atoms with Gasteiger partial charge in [0.25, 0.3) is 0 Å². The van der Waals surface area contributed by atoms with Crippen LogP contribution < -0.4 is 5.73 Å². The lowest BCUT2D eigenvalue weighted by atomic mass is 10.2. The summed E-state index contributed by atoms with van der Waals surface area (Å²) in [7, 11) is 0. The standard InChI is InChI=1S/C10H15FN6O2/c11-3-7-4-17(15-14-7)6-9(19)8(18)5-16-2-1-13-10(16)12/h1-2,4,8-9,18-19H,3,5-6H2,(H2,12,13). The maximum atomic E-state index is 12.3. The number of alkyl halides is 1. The monoisotopic (exact) mass is 270 g/mol. The Hall–Kier alpha value is -2.00. The van der Waals surface area contributed by atoms with Gasteiger partial charge in [-0.15, -0.1) is 5.10 Å². The first-order valence-electron chi connectivity index (χ1n) is 5.68. The highest BCUT2D eigenvalue weighted by Gasteiger charge is 2.19. The second kappa shape index (κ2) is 5.76. The summed E-state index contributed by atoms with van der Waals surface area (Å²) in [5, 5.41) is 26.9. The molecular formula is C10H15FN6O2. The predicted octanol–water partition coefficient (Wildman–Crippen LogP) is -1.05. The molecule has 0 bridgehead atoms. The molecule has 9 heteroatoms. The van der Waals surface area contributed by atoms with Gasteiger partial charge in [0.05, 0.1) is 25.4 Å². The van der Waals surface area contributed by atoms with Crippen LogP contribution in [-0.4, -0.2) is 47.0 Å². The van der Waals surface area contributed by atoms with Gasteiger partial charge in [-0.05, 0) is 0 Å². The lowest BCUT2D eigenvalue weighted by Gasteiger charge is -2.18. The summed E-state index contributed by atoms with van der Waals surface area (Å²) < 4.78 is 15.1. The minimum atomic E-state index is -1.07. The topological polar surface area (TPSA) is 115 Å². The van der Waals surface area contributed by atoms with Gasteiger partial charge < -0.3 is 20.5 Å². The van der Waals surface area contributed by atoms with Crippen LogP contribution in [0.5, 0.6) is 0 Å². The Morgan fingerprint density at radius 2 is 2.05 bits per heavy atom. The fraction of sp³-hybridized carbons (Fsp3) is 0.500. The molecule has 2 aromatic rings. The Balaban J connectivity index is 1.92. The van der Waals surface area contributed by atoms with Crippen LogP contribution in [0, 0.1) is 0 Å². The zero-order valence-electron chi connectivity index (χ0n) is 10.1. The van der Waals surface area contributed by atoms with Crippen LogP contribution in [0.15, 0.2) is 18.6 Å². The van der Waals surface area contributed by atoms with Gasteiger partial charge in [0, 0.05) is 12.4 Å². The number of nitrogens with zero attached hydrogens (tertiary/aromatic N) is 5. The number of rotatable bonds is 6. The summed E-state index contributed by atoms with van der Waals surface area (Å²) in [5.41, 5.74) is 5.73. The van der Waals surface area contributed by atoms with Crippen molar-refractivity contribution in [3.05, 3.63) is 24.3 Å². The number of anilines is 1. The van der Waals surface area contributed by atoms with E-state index in [0.29, 0.717) is 0 Å². The number of aliphatic hydroxyl groups is 2. The molecule has 4 N–H and O–H groups in total. The van der Waals surface area contributed by atoms with Crippen molar-refractivity contribution in [2.24, 2.45) is 0 Å². The molecule has 0 aliphatic carbocycles. The summed E-state index contributed by atoms with van der Waals surface area (Å²) in [5.74, 6) is 0.256. The van der Waals surface area contributed by atoms with Gasteiger partial charge in [-0.1, -0.05) is 5.21 Å². The highest BCUT2D eigenvalue weighted by Crippen LogP contribution is 2.06. The maximum absolute atomic E-state index is 12.3. The van der Waals surface area contributed by atoms with Gasteiger partial charge in [0.1, 0.15) is 18.5 Å². The van der Waals surface area contributed by atoms with Gasteiger partial charge in [0.2, 0.25) is 0 Å². The average molecular weight is 270 g/mol. The minimum absolute atomic E-state index is 0.0166. The minimum Gasteiger partial charge on any atom is -0.388 e. The quantitative estimate of drug-likeness (QED) is 0.617. The molecule has 2 unspecified atom stereocenters. The van der Waals surface area contributed by atoms with E-state index in [4.69, 9.17) is 5.73 Å². The highest BCUT2D eigenvalue weighted by atomic mass is 19.1. The normalized spacial score (nSPS) is 14.5. The largest absolute Gasteiger partial charge is 0.388 e. The van der Waals surface area contributed by atoms with Gasteiger partial charge in [-0.25, -0.2) is 14.1 Å². The summed E-state index contributed by atoms with van der Waals surface area (Å²) in [6.45, 7) is -0.593. The van der Waals surface area contributed by atoms with Crippen molar-refractivity contribution in [1.82, 2.24) is 24.5 Å². The van der Waals surface area contributed by atoms with Crippen LogP contribution in [0.3, 0.4) is 0 Å². The molecule has 0 aromatic carbocycles. The van der Waals surface area contributed by atoms with E-state index in [0.717, 1.165) is 0 Å². The lowest BCUT2D eigenvalue weighted by molar-refractivity contribution is -0.00182. The summed E-state index contributed by atoms with van der Waals surface area (Å²) in [6.07, 6.45) is 2.36. The number of aromatic nitrogens is 5. The molecule has 0 radical (unpaired) electrons. The molecule has 19 heavy (non-hydrogen) atoms. The molecule has 0 saturated heterocycles. The van der Waals surface area contributed by atoms with Crippen molar-refractivity contribution in [3.63, 3.8) is 0 Å². The van der Waals surface area contributed by atoms with Crippen LogP contribution in [-0.2, 0) is 19.8 Å². The number of imidazole rings is 1. The van der Waals surface area contributed by atoms with Gasteiger partial charge in [-0.2, -0.15) is 0 Å². The number of nitrogen functional groups attached to an aromatic ring is 1. The summed E-state index contributed by atoms with van der Waals surface area (Å²) >= 11 is 0. The average Bonchev–Trinajstić information content (AvgIpc) is 2.99. The second-order valence-electron chi connectivity index (χ2n) is 4.14. The number of hydrogen-bond acceptors (Lipinski definition) is 6. The predicted molar refractivity (Wildman–Crippen MR) is 63.5 cm³/mol. The van der Waals surface area contributed by atoms with E-state index in [9.17, 15) is 14.6 Å². The summed E-state index contributed by atoms with van der Waals surface area (Å²) in [6, 6.07) is 0. The first-order chi connectivity index (χ1) is 9.10. The Kier molecular flexibility index (Phi) is 4.07. The van der Waals surface area contributed by atoms with Crippen LogP contribution in [0.4, 0.5) is 10.3 Å². The van der Waals surface area contributed by atoms with Crippen molar-refractivity contribution in [3.8, 4) is 0 Å². The van der Waals surface area contributed by atoms with Crippen molar-refractivity contribution < 1.29 is 14.6 Å². The van der Waals surface area contributed by atoms with E-state index < -0.39 is 18.9 Å². The molecule has 104 valence electrons. The number of nitrogens with two attached hydrogens (primary N) is 1. The van der Waals surface area contributed by atoms with E-state index in [2.05, 4.69) is 15.3 Å². The lowest BCUT2D eigenvalue weighted by Crippen LogP contribution is -2.34. The summed E-state index contributed by atoms with van der Waals surface area (Å²) in [4.78, 5) is 3.81. The molecule has 0 spiro atoms. The Morgan fingerprint density at radius 3 is 2.63 bits per heavy atom. The zero-order chi connectivity index (χ0) is 13.8. The van der Waals surface area contributed by atoms with Crippen molar-refractivity contribution >= 4 is 5.95 Å². The molecule has 0 amide bonds. The number of halogens is 1. The first kappa shape index (κ1) is 13.4. The van der Waals surface area contributed by atoms with E-state index in [1.165, 1.54) is 21.6 Å². The third kappa shape index (κ3) is 3.26. The maximum Gasteiger partial charge on any atom is 0.200 e. The van der Waals surface area contributed by atoms with E-state index >= 15 is 0 Å². The zero-order valence-corrected chi connectivity index (χ0v) is 10.1. The molecule has 0 aliphatic rings. The Bertz CT molecular complexity index is 528. The van der Waals surface area contributed by atoms with E-state index in [1.54, 1.807) is 6.20 Å². The van der Waals surface area contributed by atoms with Crippen LogP contribution >= 0.6 is 0 Å². The molecule has 0 aliphatic heterocycles. The fourth-order valence-electron chi connectivity index (χ4n) is 1.62. The van der Waals surface area contributed by atoms with Crippen molar-refractivity contribution in [1.29, 1.82) is 0 Å². The van der Waals surface area contributed by atoms with Crippen molar-refractivity contribution in [2.75, 3.05) is 5.73 Å². The molecular weight excluding hydrogens is 255 g/mol. The number of hydrogen-bond donors (Lipinski definition) is 3. The second-order valence-corrected chi connectivity index (χ2v) is 4.14. The molecule has 0 saturated carbocycles. The fourth-order valence-corrected chi connectivity index (χ4v) is 1.62. The van der Waals surface area contributed by atoms with Crippen LogP contribution in [0.25, 0.3) is 0 Å². The van der Waals surface area contributed by atoms with E-state index in [-0.39, 0.29) is 24.7 Å². The van der Waals surface area contributed by atoms with Gasteiger partial charge >= 0.3 is 0 Å². The smallest absolute Gasteiger partial charge is 0.200 e. The molecule has 0 fully saturated rings. The van der Waals surface area contributed by atoms with Crippen LogP contribution in [0.1, 0.15) is 5.69 Å². The van der Waals surface area contributed by atoms with Gasteiger partial charge in [-0.3, -0.25) is 0 Å². The SMILES string of the molecule is Nc1nccn1CC(O)C(O)Cn1cc(CF)nn1.